The average molecular weight is 265 g/mol. The summed E-state index contributed by atoms with van der Waals surface area (Å²) in [5, 5.41) is 22.6. The van der Waals surface area contributed by atoms with Crippen LogP contribution >= 0.6 is 0 Å². The second kappa shape index (κ2) is 8.81. The van der Waals surface area contributed by atoms with E-state index in [0.717, 1.165) is 18.5 Å². The van der Waals surface area contributed by atoms with Crippen LogP contribution in [0.3, 0.4) is 0 Å². The Morgan fingerprint density at radius 3 is 2.47 bits per heavy atom. The summed E-state index contributed by atoms with van der Waals surface area (Å²) in [7, 11) is 0. The molecule has 3 heteroatoms. The van der Waals surface area contributed by atoms with Gasteiger partial charge in [-0.05, 0) is 38.1 Å². The van der Waals surface area contributed by atoms with Crippen LogP contribution < -0.4 is 5.32 Å². The number of benzene rings is 1. The second-order valence-electron chi connectivity index (χ2n) is 5.19. The molecule has 1 unspecified atom stereocenters. The number of hydrogen-bond acceptors (Lipinski definition) is 3. The van der Waals surface area contributed by atoms with E-state index in [2.05, 4.69) is 12.2 Å². The van der Waals surface area contributed by atoms with Crippen molar-refractivity contribution >= 4 is 0 Å². The largest absolute Gasteiger partial charge is 0.508 e. The molecule has 0 fully saturated rings. The molecule has 3 N–H and O–H groups in total. The Bertz CT molecular complexity index is 366. The number of unbranched alkanes of at least 4 members (excludes halogenated alkanes) is 5. The highest BCUT2D eigenvalue weighted by molar-refractivity contribution is 5.40. The van der Waals surface area contributed by atoms with E-state index in [4.69, 9.17) is 0 Å². The molecular weight excluding hydrogens is 238 g/mol. The maximum atomic E-state index is 9.75. The number of aromatic hydroxyl groups is 2. The first-order chi connectivity index (χ1) is 9.15. The molecule has 0 amide bonds. The Balaban J connectivity index is 2.23. The van der Waals surface area contributed by atoms with Gasteiger partial charge in [-0.2, -0.15) is 0 Å². The molecule has 0 spiro atoms. The number of rotatable bonds is 9. The summed E-state index contributed by atoms with van der Waals surface area (Å²) in [5.74, 6) is 0.432. The summed E-state index contributed by atoms with van der Waals surface area (Å²) in [6.45, 7) is 5.18. The monoisotopic (exact) mass is 265 g/mol. The minimum absolute atomic E-state index is 0.0581. The Labute approximate surface area is 116 Å². The van der Waals surface area contributed by atoms with Crippen LogP contribution in [0.2, 0.25) is 0 Å². The van der Waals surface area contributed by atoms with Crippen molar-refractivity contribution in [3.05, 3.63) is 23.8 Å². The lowest BCUT2D eigenvalue weighted by Crippen LogP contribution is -2.19. The van der Waals surface area contributed by atoms with Gasteiger partial charge in [-0.1, -0.05) is 39.0 Å². The van der Waals surface area contributed by atoms with Gasteiger partial charge in [0.1, 0.15) is 11.5 Å². The van der Waals surface area contributed by atoms with E-state index in [1.165, 1.54) is 44.2 Å². The smallest absolute Gasteiger partial charge is 0.120 e. The van der Waals surface area contributed by atoms with Crippen LogP contribution in [0.1, 0.15) is 64.0 Å². The fourth-order valence-corrected chi connectivity index (χ4v) is 2.22. The van der Waals surface area contributed by atoms with Crippen LogP contribution in [-0.4, -0.2) is 16.8 Å². The zero-order valence-corrected chi connectivity index (χ0v) is 12.2. The Hall–Kier alpha value is -1.22. The first-order valence-electron chi connectivity index (χ1n) is 7.40. The van der Waals surface area contributed by atoms with Crippen LogP contribution in [0.25, 0.3) is 0 Å². The van der Waals surface area contributed by atoms with Gasteiger partial charge < -0.3 is 15.5 Å². The quantitative estimate of drug-likeness (QED) is 0.465. The van der Waals surface area contributed by atoms with Gasteiger partial charge in [0, 0.05) is 11.6 Å². The van der Waals surface area contributed by atoms with Gasteiger partial charge in [-0.15, -0.1) is 0 Å². The van der Waals surface area contributed by atoms with Crippen molar-refractivity contribution < 1.29 is 10.2 Å². The SMILES string of the molecule is CCCCCCCCNC(C)c1cc(O)ccc1O. The molecule has 1 rings (SSSR count). The first-order valence-corrected chi connectivity index (χ1v) is 7.40. The molecule has 0 aliphatic heterocycles. The summed E-state index contributed by atoms with van der Waals surface area (Å²) in [4.78, 5) is 0. The molecule has 0 saturated carbocycles. The molecule has 1 atom stereocenters. The molecule has 1 aromatic carbocycles. The van der Waals surface area contributed by atoms with Crippen molar-refractivity contribution in [2.45, 2.75) is 58.4 Å². The highest BCUT2D eigenvalue weighted by atomic mass is 16.3. The van der Waals surface area contributed by atoms with Crippen molar-refractivity contribution in [2.75, 3.05) is 6.54 Å². The van der Waals surface area contributed by atoms with Gasteiger partial charge in [0.2, 0.25) is 0 Å². The van der Waals surface area contributed by atoms with Crippen molar-refractivity contribution in [1.29, 1.82) is 0 Å². The Morgan fingerprint density at radius 1 is 1.05 bits per heavy atom. The maximum Gasteiger partial charge on any atom is 0.120 e. The Morgan fingerprint density at radius 2 is 1.74 bits per heavy atom. The number of hydrogen-bond donors (Lipinski definition) is 3. The van der Waals surface area contributed by atoms with E-state index < -0.39 is 0 Å². The van der Waals surface area contributed by atoms with E-state index in [1.54, 1.807) is 6.07 Å². The van der Waals surface area contributed by atoms with Crippen LogP contribution in [0.4, 0.5) is 0 Å². The van der Waals surface area contributed by atoms with E-state index in [9.17, 15) is 10.2 Å². The molecule has 1 aromatic rings. The van der Waals surface area contributed by atoms with E-state index in [-0.39, 0.29) is 17.5 Å². The van der Waals surface area contributed by atoms with E-state index in [1.807, 2.05) is 6.92 Å². The van der Waals surface area contributed by atoms with E-state index >= 15 is 0 Å². The standard InChI is InChI=1S/C16H27NO2/c1-3-4-5-6-7-8-11-17-13(2)15-12-14(18)9-10-16(15)19/h9-10,12-13,17-19H,3-8,11H2,1-2H3. The van der Waals surface area contributed by atoms with E-state index in [0.29, 0.717) is 0 Å². The van der Waals surface area contributed by atoms with Gasteiger partial charge in [0.25, 0.3) is 0 Å². The molecule has 0 aliphatic rings. The first kappa shape index (κ1) is 15.8. The lowest BCUT2D eigenvalue weighted by molar-refractivity contribution is 0.439. The Kier molecular flexibility index (Phi) is 7.34. The summed E-state index contributed by atoms with van der Waals surface area (Å²) in [6, 6.07) is 4.71. The fraction of sp³-hybridized carbons (Fsp3) is 0.625. The van der Waals surface area contributed by atoms with Crippen molar-refractivity contribution in [3.8, 4) is 11.5 Å². The second-order valence-corrected chi connectivity index (χ2v) is 5.19. The van der Waals surface area contributed by atoms with Crippen molar-refractivity contribution in [2.24, 2.45) is 0 Å². The van der Waals surface area contributed by atoms with Crippen molar-refractivity contribution in [1.82, 2.24) is 5.32 Å². The molecule has 108 valence electrons. The molecule has 3 nitrogen and oxygen atoms in total. The third-order valence-corrected chi connectivity index (χ3v) is 3.46. The zero-order chi connectivity index (χ0) is 14.1. The lowest BCUT2D eigenvalue weighted by Gasteiger charge is -2.15. The molecule has 0 aromatic heterocycles. The highest BCUT2D eigenvalue weighted by Crippen LogP contribution is 2.27. The maximum absolute atomic E-state index is 9.75. The molecule has 19 heavy (non-hydrogen) atoms. The summed E-state index contributed by atoms with van der Waals surface area (Å²) in [6.07, 6.45) is 7.67. The average Bonchev–Trinajstić information content (AvgIpc) is 2.40. The van der Waals surface area contributed by atoms with Crippen molar-refractivity contribution in [3.63, 3.8) is 0 Å². The topological polar surface area (TPSA) is 52.5 Å². The van der Waals surface area contributed by atoms with Gasteiger partial charge in [-0.25, -0.2) is 0 Å². The summed E-state index contributed by atoms with van der Waals surface area (Å²) < 4.78 is 0. The van der Waals surface area contributed by atoms with Crippen LogP contribution in [0.15, 0.2) is 18.2 Å². The molecule has 0 bridgehead atoms. The summed E-state index contributed by atoms with van der Waals surface area (Å²) >= 11 is 0. The third-order valence-electron chi connectivity index (χ3n) is 3.46. The predicted octanol–water partition coefficient (Wildman–Crippen LogP) is 4.11. The third kappa shape index (κ3) is 5.97. The molecular formula is C16H27NO2. The number of phenolic OH excluding ortho intramolecular Hbond substituents is 2. The van der Waals surface area contributed by atoms with Crippen LogP contribution in [-0.2, 0) is 0 Å². The van der Waals surface area contributed by atoms with Gasteiger partial charge >= 0.3 is 0 Å². The lowest BCUT2D eigenvalue weighted by atomic mass is 10.1. The normalized spacial score (nSPS) is 12.5. The van der Waals surface area contributed by atoms with Gasteiger partial charge in [0.15, 0.2) is 0 Å². The molecule has 0 saturated heterocycles. The number of nitrogens with one attached hydrogen (secondary N) is 1. The van der Waals surface area contributed by atoms with Gasteiger partial charge in [0.05, 0.1) is 0 Å². The zero-order valence-electron chi connectivity index (χ0n) is 12.2. The van der Waals surface area contributed by atoms with Crippen LogP contribution in [0.5, 0.6) is 11.5 Å². The molecule has 0 radical (unpaired) electrons. The fourth-order valence-electron chi connectivity index (χ4n) is 2.22. The minimum Gasteiger partial charge on any atom is -0.508 e. The van der Waals surface area contributed by atoms with Gasteiger partial charge in [-0.3, -0.25) is 0 Å². The number of phenols is 2. The minimum atomic E-state index is 0.0581. The molecule has 0 heterocycles. The molecule has 0 aliphatic carbocycles. The highest BCUT2D eigenvalue weighted by Gasteiger charge is 2.10. The predicted molar refractivity (Wildman–Crippen MR) is 79.6 cm³/mol. The summed E-state index contributed by atoms with van der Waals surface area (Å²) in [5.41, 5.74) is 0.756. The van der Waals surface area contributed by atoms with Crippen LogP contribution in [0, 0.1) is 0 Å².